The minimum atomic E-state index is 0.103. The van der Waals surface area contributed by atoms with Gasteiger partial charge < -0.3 is 4.90 Å². The van der Waals surface area contributed by atoms with Crippen LogP contribution in [0.3, 0.4) is 0 Å². The van der Waals surface area contributed by atoms with Crippen molar-refractivity contribution < 1.29 is 4.79 Å². The first-order chi connectivity index (χ1) is 10.5. The fourth-order valence-electron chi connectivity index (χ4n) is 4.36. The van der Waals surface area contributed by atoms with Crippen LogP contribution in [0.5, 0.6) is 0 Å². The summed E-state index contributed by atoms with van der Waals surface area (Å²) in [7, 11) is 0. The van der Waals surface area contributed by atoms with Crippen molar-refractivity contribution in [1.82, 2.24) is 0 Å². The Balaban J connectivity index is 1.91. The highest BCUT2D eigenvalue weighted by Gasteiger charge is 2.42. The molecule has 1 aromatic rings. The van der Waals surface area contributed by atoms with Crippen LogP contribution in [0.2, 0.25) is 0 Å². The molecule has 2 nitrogen and oxygen atoms in total. The number of hydrogen-bond donors (Lipinski definition) is 0. The Morgan fingerprint density at radius 1 is 1.32 bits per heavy atom. The van der Waals surface area contributed by atoms with Gasteiger partial charge in [-0.1, -0.05) is 61.9 Å². The summed E-state index contributed by atoms with van der Waals surface area (Å²) in [5, 5.41) is 0. The van der Waals surface area contributed by atoms with E-state index in [-0.39, 0.29) is 11.3 Å². The number of fused-ring (bicyclic) bond motifs is 1. The monoisotopic (exact) mass is 363 g/mol. The van der Waals surface area contributed by atoms with Gasteiger partial charge in [0.1, 0.15) is 0 Å². The fraction of sp³-hybridized carbons (Fsp3) is 0.632. The standard InChI is InChI=1S/C19H26BrNO/c1-3-18(22)21-13-19(2,12-14-7-5-4-6-8-14)16-11-15(20)9-10-17(16)21/h9-11,14H,3-8,12-13H2,1-2H3. The van der Waals surface area contributed by atoms with E-state index in [9.17, 15) is 4.79 Å². The first kappa shape index (κ1) is 16.0. The molecule has 3 rings (SSSR count). The van der Waals surface area contributed by atoms with Gasteiger partial charge in [-0.2, -0.15) is 0 Å². The van der Waals surface area contributed by atoms with Gasteiger partial charge in [-0.05, 0) is 36.1 Å². The summed E-state index contributed by atoms with van der Waals surface area (Å²) in [5.41, 5.74) is 2.59. The van der Waals surface area contributed by atoms with Gasteiger partial charge in [0.25, 0.3) is 0 Å². The van der Waals surface area contributed by atoms with Crippen LogP contribution >= 0.6 is 15.9 Å². The maximum atomic E-state index is 12.4. The molecule has 1 fully saturated rings. The summed E-state index contributed by atoms with van der Waals surface area (Å²) >= 11 is 3.61. The van der Waals surface area contributed by atoms with Crippen LogP contribution in [-0.4, -0.2) is 12.5 Å². The predicted octanol–water partition coefficient (Wildman–Crippen LogP) is 5.43. The van der Waals surface area contributed by atoms with Crippen molar-refractivity contribution in [3.8, 4) is 0 Å². The normalized spacial score (nSPS) is 25.3. The minimum absolute atomic E-state index is 0.103. The van der Waals surface area contributed by atoms with E-state index in [1.54, 1.807) is 0 Å². The van der Waals surface area contributed by atoms with E-state index in [4.69, 9.17) is 0 Å². The second kappa shape index (κ2) is 6.35. The van der Waals surface area contributed by atoms with Gasteiger partial charge in [-0.25, -0.2) is 0 Å². The predicted molar refractivity (Wildman–Crippen MR) is 95.3 cm³/mol. The molecule has 1 aliphatic heterocycles. The van der Waals surface area contributed by atoms with Gasteiger partial charge in [-0.15, -0.1) is 0 Å². The molecule has 1 amide bonds. The van der Waals surface area contributed by atoms with Crippen molar-refractivity contribution in [2.45, 2.75) is 64.2 Å². The molecular formula is C19H26BrNO. The van der Waals surface area contributed by atoms with Crippen molar-refractivity contribution in [2.75, 3.05) is 11.4 Å². The van der Waals surface area contributed by atoms with Gasteiger partial charge in [-0.3, -0.25) is 4.79 Å². The van der Waals surface area contributed by atoms with Gasteiger partial charge in [0.2, 0.25) is 5.91 Å². The van der Waals surface area contributed by atoms with Crippen molar-refractivity contribution >= 4 is 27.5 Å². The molecule has 0 saturated heterocycles. The van der Waals surface area contributed by atoms with Gasteiger partial charge in [0.15, 0.2) is 0 Å². The summed E-state index contributed by atoms with van der Waals surface area (Å²) in [6, 6.07) is 6.40. The topological polar surface area (TPSA) is 20.3 Å². The molecule has 1 heterocycles. The largest absolute Gasteiger partial charge is 0.311 e. The number of anilines is 1. The molecule has 0 N–H and O–H groups in total. The molecule has 22 heavy (non-hydrogen) atoms. The van der Waals surface area contributed by atoms with Crippen molar-refractivity contribution in [2.24, 2.45) is 5.92 Å². The third kappa shape index (κ3) is 2.97. The lowest BCUT2D eigenvalue weighted by atomic mass is 9.73. The smallest absolute Gasteiger partial charge is 0.226 e. The first-order valence-electron chi connectivity index (χ1n) is 8.64. The molecule has 0 bridgehead atoms. The third-order valence-electron chi connectivity index (χ3n) is 5.47. The Hall–Kier alpha value is -0.830. The number of carbonyl (C=O) groups is 1. The van der Waals surface area contributed by atoms with E-state index >= 15 is 0 Å². The quantitative estimate of drug-likeness (QED) is 0.700. The Morgan fingerprint density at radius 3 is 2.73 bits per heavy atom. The van der Waals surface area contributed by atoms with Crippen molar-refractivity contribution in [3.63, 3.8) is 0 Å². The third-order valence-corrected chi connectivity index (χ3v) is 5.97. The molecule has 1 aliphatic carbocycles. The first-order valence-corrected chi connectivity index (χ1v) is 9.43. The van der Waals surface area contributed by atoms with Crippen molar-refractivity contribution in [1.29, 1.82) is 0 Å². The van der Waals surface area contributed by atoms with Crippen LogP contribution in [-0.2, 0) is 10.2 Å². The zero-order chi connectivity index (χ0) is 15.7. The Labute approximate surface area is 142 Å². The van der Waals surface area contributed by atoms with Crippen LogP contribution in [0.25, 0.3) is 0 Å². The lowest BCUT2D eigenvalue weighted by Crippen LogP contribution is -2.36. The number of hydrogen-bond acceptors (Lipinski definition) is 1. The Bertz CT molecular complexity index is 565. The molecule has 1 saturated carbocycles. The SMILES string of the molecule is CCC(=O)N1CC(C)(CC2CCCCC2)c2cc(Br)ccc21. The summed E-state index contributed by atoms with van der Waals surface area (Å²) in [5.74, 6) is 1.07. The lowest BCUT2D eigenvalue weighted by molar-refractivity contribution is -0.118. The van der Waals surface area contributed by atoms with E-state index < -0.39 is 0 Å². The molecule has 1 atom stereocenters. The number of carbonyl (C=O) groups excluding carboxylic acids is 1. The highest BCUT2D eigenvalue weighted by molar-refractivity contribution is 9.10. The summed E-state index contributed by atoms with van der Waals surface area (Å²) < 4.78 is 1.12. The van der Waals surface area contributed by atoms with Crippen LogP contribution in [0.1, 0.15) is 64.4 Å². The van der Waals surface area contributed by atoms with Crippen LogP contribution in [0, 0.1) is 5.92 Å². The average Bonchev–Trinajstić information content (AvgIpc) is 2.80. The number of benzene rings is 1. The van der Waals surface area contributed by atoms with Gasteiger partial charge in [0.05, 0.1) is 0 Å². The molecule has 1 unspecified atom stereocenters. The molecule has 0 radical (unpaired) electrons. The van der Waals surface area contributed by atoms with Crippen LogP contribution in [0.15, 0.2) is 22.7 Å². The van der Waals surface area contributed by atoms with E-state index in [0.717, 1.165) is 22.6 Å². The van der Waals surface area contributed by atoms with Crippen LogP contribution in [0.4, 0.5) is 5.69 Å². The molecule has 0 aromatic heterocycles. The molecule has 2 aliphatic rings. The van der Waals surface area contributed by atoms with E-state index in [0.29, 0.717) is 6.42 Å². The average molecular weight is 364 g/mol. The zero-order valence-corrected chi connectivity index (χ0v) is 15.3. The molecule has 1 aromatic carbocycles. The van der Waals surface area contributed by atoms with E-state index in [2.05, 4.69) is 41.1 Å². The molecule has 3 heteroatoms. The second-order valence-electron chi connectivity index (χ2n) is 7.26. The van der Waals surface area contributed by atoms with E-state index in [1.165, 1.54) is 44.1 Å². The highest BCUT2D eigenvalue weighted by Crippen LogP contribution is 2.47. The minimum Gasteiger partial charge on any atom is -0.311 e. The summed E-state index contributed by atoms with van der Waals surface area (Å²) in [6.45, 7) is 5.16. The summed E-state index contributed by atoms with van der Waals surface area (Å²) in [6.07, 6.45) is 8.67. The van der Waals surface area contributed by atoms with E-state index in [1.807, 2.05) is 11.8 Å². The maximum absolute atomic E-state index is 12.4. The molecular weight excluding hydrogens is 338 g/mol. The van der Waals surface area contributed by atoms with Gasteiger partial charge in [0, 0.05) is 28.5 Å². The molecule has 0 spiro atoms. The number of nitrogens with zero attached hydrogens (tertiary/aromatic N) is 1. The van der Waals surface area contributed by atoms with Gasteiger partial charge >= 0.3 is 0 Å². The van der Waals surface area contributed by atoms with Crippen molar-refractivity contribution in [3.05, 3.63) is 28.2 Å². The number of halogens is 1. The van der Waals surface area contributed by atoms with Crippen LogP contribution < -0.4 is 4.90 Å². The fourth-order valence-corrected chi connectivity index (χ4v) is 4.72. The number of rotatable bonds is 3. The summed E-state index contributed by atoms with van der Waals surface area (Å²) in [4.78, 5) is 14.4. The Kier molecular flexibility index (Phi) is 4.63. The second-order valence-corrected chi connectivity index (χ2v) is 8.18. The maximum Gasteiger partial charge on any atom is 0.226 e. The molecule has 120 valence electrons. The highest BCUT2D eigenvalue weighted by atomic mass is 79.9. The zero-order valence-electron chi connectivity index (χ0n) is 13.7. The Morgan fingerprint density at radius 2 is 2.05 bits per heavy atom. The number of amides is 1. The lowest BCUT2D eigenvalue weighted by Gasteiger charge is -2.32.